The zero-order chi connectivity index (χ0) is 15.7. The Labute approximate surface area is 142 Å². The van der Waals surface area contributed by atoms with Gasteiger partial charge >= 0.3 is 5.97 Å². The van der Waals surface area contributed by atoms with Crippen LogP contribution in [0.15, 0.2) is 30.3 Å². The maximum atomic E-state index is 12.4. The molecule has 1 aliphatic heterocycles. The van der Waals surface area contributed by atoms with E-state index in [0.29, 0.717) is 13.1 Å². The lowest BCUT2D eigenvalue weighted by molar-refractivity contribution is -0.149. The van der Waals surface area contributed by atoms with E-state index in [1.165, 1.54) is 0 Å². The van der Waals surface area contributed by atoms with Gasteiger partial charge in [0.2, 0.25) is 5.91 Å². The van der Waals surface area contributed by atoms with Gasteiger partial charge in [0.25, 0.3) is 0 Å². The lowest BCUT2D eigenvalue weighted by Crippen LogP contribution is -2.43. The maximum absolute atomic E-state index is 12.4. The monoisotopic (exact) mass is 338 g/mol. The van der Waals surface area contributed by atoms with Gasteiger partial charge in [-0.1, -0.05) is 24.6 Å². The Balaban J connectivity index is 0.00000192. The summed E-state index contributed by atoms with van der Waals surface area (Å²) < 4.78 is 0. The summed E-state index contributed by atoms with van der Waals surface area (Å²) in [5, 5.41) is 12.5. The van der Waals surface area contributed by atoms with Crippen molar-refractivity contribution in [1.29, 1.82) is 0 Å². The molecule has 23 heavy (non-hydrogen) atoms. The minimum atomic E-state index is -0.701. The van der Waals surface area contributed by atoms with Gasteiger partial charge in [-0.15, -0.1) is 12.4 Å². The van der Waals surface area contributed by atoms with Crippen molar-refractivity contribution in [2.24, 2.45) is 11.3 Å². The highest BCUT2D eigenvalue weighted by molar-refractivity contribution is 5.94. The van der Waals surface area contributed by atoms with E-state index >= 15 is 0 Å². The number of hydrogen-bond acceptors (Lipinski definition) is 3. The molecule has 0 bridgehead atoms. The van der Waals surface area contributed by atoms with Crippen LogP contribution < -0.4 is 5.32 Å². The van der Waals surface area contributed by atoms with Crippen molar-refractivity contribution >= 4 is 30.0 Å². The molecule has 0 spiro atoms. The normalized spacial score (nSPS) is 27.8. The third-order valence-corrected chi connectivity index (χ3v) is 5.29. The molecule has 5 nitrogen and oxygen atoms in total. The highest BCUT2D eigenvalue weighted by Gasteiger charge is 2.55. The van der Waals surface area contributed by atoms with Gasteiger partial charge in [-0.05, 0) is 37.8 Å². The van der Waals surface area contributed by atoms with Crippen LogP contribution in [0.5, 0.6) is 0 Å². The average molecular weight is 339 g/mol. The molecule has 6 heteroatoms. The number of carboxylic acid groups (broad SMARTS) is 1. The first-order chi connectivity index (χ1) is 10.5. The fourth-order valence-corrected chi connectivity index (χ4v) is 3.91. The number of halogens is 1. The summed E-state index contributed by atoms with van der Waals surface area (Å²) in [5.41, 5.74) is 0.132. The van der Waals surface area contributed by atoms with Crippen LogP contribution in [-0.2, 0) is 9.59 Å². The number of carbonyl (C=O) groups is 2. The van der Waals surface area contributed by atoms with Gasteiger partial charge in [-0.25, -0.2) is 0 Å². The molecule has 3 atom stereocenters. The molecule has 1 heterocycles. The van der Waals surface area contributed by atoms with Crippen LogP contribution in [0.1, 0.15) is 26.2 Å². The van der Waals surface area contributed by atoms with E-state index in [9.17, 15) is 14.7 Å². The molecule has 1 amide bonds. The zero-order valence-electron chi connectivity index (χ0n) is 13.2. The first-order valence-corrected chi connectivity index (χ1v) is 7.86. The van der Waals surface area contributed by atoms with Crippen LogP contribution in [0, 0.1) is 11.3 Å². The highest BCUT2D eigenvalue weighted by Crippen LogP contribution is 2.49. The molecule has 1 saturated carbocycles. The molecule has 2 N–H and O–H groups in total. The van der Waals surface area contributed by atoms with Crippen molar-refractivity contribution in [2.45, 2.75) is 32.2 Å². The number of fused-ring (bicyclic) bond motifs is 1. The Morgan fingerprint density at radius 1 is 1.35 bits per heavy atom. The van der Waals surface area contributed by atoms with E-state index in [1.807, 2.05) is 42.2 Å². The number of aliphatic carboxylic acids is 1. The molecule has 0 radical (unpaired) electrons. The number of anilines is 1. The first-order valence-electron chi connectivity index (χ1n) is 7.86. The lowest BCUT2D eigenvalue weighted by Gasteiger charge is -2.26. The first kappa shape index (κ1) is 17.8. The lowest BCUT2D eigenvalue weighted by atomic mass is 9.81. The summed E-state index contributed by atoms with van der Waals surface area (Å²) in [6.07, 6.45) is 2.67. The number of nitrogens with one attached hydrogen (secondary N) is 1. The number of amides is 1. The summed E-state index contributed by atoms with van der Waals surface area (Å²) in [5.74, 6) is -0.600. The fraction of sp³-hybridized carbons (Fsp3) is 0.529. The van der Waals surface area contributed by atoms with E-state index in [1.54, 1.807) is 0 Å². The zero-order valence-corrected chi connectivity index (χ0v) is 14.0. The SMILES string of the molecule is CC(C(=O)Nc1ccccc1)N1C[C@@H]2CCC[C@@]2(C(=O)O)C1.Cl. The third-order valence-electron chi connectivity index (χ3n) is 5.29. The second-order valence-corrected chi connectivity index (χ2v) is 6.51. The molecule has 1 aliphatic carbocycles. The minimum absolute atomic E-state index is 0. The van der Waals surface area contributed by atoms with Gasteiger partial charge in [0.05, 0.1) is 11.5 Å². The van der Waals surface area contributed by atoms with Crippen molar-refractivity contribution in [1.82, 2.24) is 4.90 Å². The van der Waals surface area contributed by atoms with E-state index in [-0.39, 0.29) is 30.3 Å². The Kier molecular flexibility index (Phi) is 5.32. The molecule has 1 unspecified atom stereocenters. The highest BCUT2D eigenvalue weighted by atomic mass is 35.5. The molecule has 2 aliphatic rings. The summed E-state index contributed by atoms with van der Waals surface area (Å²) in [4.78, 5) is 26.1. The van der Waals surface area contributed by atoms with Crippen LogP contribution in [0.4, 0.5) is 5.69 Å². The van der Waals surface area contributed by atoms with Gasteiger partial charge in [-0.2, -0.15) is 0 Å². The maximum Gasteiger partial charge on any atom is 0.311 e. The van der Waals surface area contributed by atoms with Crippen molar-refractivity contribution in [3.63, 3.8) is 0 Å². The molecule has 1 aromatic rings. The number of carboxylic acids is 1. The molecular formula is C17H23ClN2O3. The number of benzene rings is 1. The quantitative estimate of drug-likeness (QED) is 0.885. The topological polar surface area (TPSA) is 69.6 Å². The van der Waals surface area contributed by atoms with Crippen molar-refractivity contribution < 1.29 is 14.7 Å². The summed E-state index contributed by atoms with van der Waals surface area (Å²) in [6, 6.07) is 9.03. The standard InChI is InChI=1S/C17H22N2O3.ClH/c1-12(15(20)18-14-7-3-2-4-8-14)19-10-13-6-5-9-17(13,11-19)16(21)22;/h2-4,7-8,12-13H,5-6,9-11H2,1H3,(H,18,20)(H,21,22);1H/t12?,13-,17+;/m0./s1. The van der Waals surface area contributed by atoms with Crippen molar-refractivity contribution in [3.05, 3.63) is 30.3 Å². The largest absolute Gasteiger partial charge is 0.481 e. The number of carbonyl (C=O) groups excluding carboxylic acids is 1. The average Bonchev–Trinajstić information content (AvgIpc) is 3.05. The Hall–Kier alpha value is -1.59. The predicted octanol–water partition coefficient (Wildman–Crippen LogP) is 2.62. The van der Waals surface area contributed by atoms with E-state index in [2.05, 4.69) is 5.32 Å². The minimum Gasteiger partial charge on any atom is -0.481 e. The number of para-hydroxylation sites is 1. The van der Waals surface area contributed by atoms with E-state index < -0.39 is 11.4 Å². The van der Waals surface area contributed by atoms with Gasteiger partial charge in [-0.3, -0.25) is 14.5 Å². The van der Waals surface area contributed by atoms with Crippen LogP contribution >= 0.6 is 12.4 Å². The predicted molar refractivity (Wildman–Crippen MR) is 90.8 cm³/mol. The van der Waals surface area contributed by atoms with Crippen LogP contribution in [0.3, 0.4) is 0 Å². The Morgan fingerprint density at radius 2 is 2.04 bits per heavy atom. The number of likely N-dealkylation sites (tertiary alicyclic amines) is 1. The van der Waals surface area contributed by atoms with Gasteiger partial charge < -0.3 is 10.4 Å². The van der Waals surface area contributed by atoms with Crippen molar-refractivity contribution in [3.8, 4) is 0 Å². The molecule has 126 valence electrons. The molecular weight excluding hydrogens is 316 g/mol. The second kappa shape index (κ2) is 6.89. The summed E-state index contributed by atoms with van der Waals surface area (Å²) in [7, 11) is 0. The number of rotatable bonds is 4. The van der Waals surface area contributed by atoms with Gasteiger partial charge in [0.1, 0.15) is 0 Å². The van der Waals surface area contributed by atoms with Crippen LogP contribution in [0.25, 0.3) is 0 Å². The molecule has 3 rings (SSSR count). The summed E-state index contributed by atoms with van der Waals surface area (Å²) >= 11 is 0. The van der Waals surface area contributed by atoms with E-state index in [0.717, 1.165) is 24.9 Å². The smallest absolute Gasteiger partial charge is 0.311 e. The number of nitrogens with zero attached hydrogens (tertiary/aromatic N) is 1. The molecule has 2 fully saturated rings. The molecule has 1 saturated heterocycles. The van der Waals surface area contributed by atoms with Gasteiger partial charge in [0, 0.05) is 18.8 Å². The van der Waals surface area contributed by atoms with Crippen LogP contribution in [0.2, 0.25) is 0 Å². The van der Waals surface area contributed by atoms with Gasteiger partial charge in [0.15, 0.2) is 0 Å². The van der Waals surface area contributed by atoms with Crippen LogP contribution in [-0.4, -0.2) is 41.0 Å². The fourth-order valence-electron chi connectivity index (χ4n) is 3.91. The Morgan fingerprint density at radius 3 is 2.65 bits per heavy atom. The molecule has 0 aromatic heterocycles. The number of hydrogen-bond donors (Lipinski definition) is 2. The Bertz CT molecular complexity index is 580. The third kappa shape index (κ3) is 3.21. The van der Waals surface area contributed by atoms with Crippen molar-refractivity contribution in [2.75, 3.05) is 18.4 Å². The second-order valence-electron chi connectivity index (χ2n) is 6.51. The van der Waals surface area contributed by atoms with E-state index in [4.69, 9.17) is 0 Å². The summed E-state index contributed by atoms with van der Waals surface area (Å²) in [6.45, 7) is 3.04. The molecule has 1 aromatic carbocycles.